The molecule has 0 unspecified atom stereocenters. The third kappa shape index (κ3) is 4.90. The monoisotopic (exact) mass is 282 g/mol. The van der Waals surface area contributed by atoms with Crippen LogP contribution in [0.4, 0.5) is 0 Å². The van der Waals surface area contributed by atoms with Gasteiger partial charge in [-0.1, -0.05) is 34.7 Å². The van der Waals surface area contributed by atoms with Crippen molar-refractivity contribution in [3.63, 3.8) is 0 Å². The van der Waals surface area contributed by atoms with Crippen molar-refractivity contribution < 1.29 is 0 Å². The minimum absolute atomic E-state index is 0.261. The highest BCUT2D eigenvalue weighted by molar-refractivity contribution is 14.1. The van der Waals surface area contributed by atoms with E-state index in [1.165, 1.54) is 4.91 Å². The van der Waals surface area contributed by atoms with Gasteiger partial charge < -0.3 is 0 Å². The fraction of sp³-hybridized carbons (Fsp3) is 0.556. The lowest BCUT2D eigenvalue weighted by molar-refractivity contribution is 0.927. The number of alkyl halides is 1. The summed E-state index contributed by atoms with van der Waals surface area (Å²) in [6.07, 6.45) is 4.24. The van der Waals surface area contributed by atoms with E-state index < -0.39 is 0 Å². The summed E-state index contributed by atoms with van der Waals surface area (Å²) in [5.41, 5.74) is 0. The number of halogens is 1. The Labute approximate surface area is 87.7 Å². The summed E-state index contributed by atoms with van der Waals surface area (Å²) >= 11 is 4.26. The van der Waals surface area contributed by atoms with Gasteiger partial charge in [0.15, 0.2) is 0 Å². The van der Waals surface area contributed by atoms with Crippen LogP contribution >= 0.6 is 34.4 Å². The smallest absolute Gasteiger partial charge is 0.0473 e. The number of allylic oxidation sites excluding steroid dienone is 3. The number of rotatable bonds is 3. The summed E-state index contributed by atoms with van der Waals surface area (Å²) in [5.74, 6) is 0. The van der Waals surface area contributed by atoms with Gasteiger partial charge in [0.2, 0.25) is 0 Å². The van der Waals surface area contributed by atoms with Gasteiger partial charge in [-0.2, -0.15) is 0 Å². The van der Waals surface area contributed by atoms with E-state index in [1.54, 1.807) is 11.8 Å². The molecule has 2 heteroatoms. The molecule has 0 aliphatic heterocycles. The van der Waals surface area contributed by atoms with Crippen LogP contribution in [0.25, 0.3) is 0 Å². The molecule has 0 aromatic rings. The summed E-state index contributed by atoms with van der Waals surface area (Å²) in [6.45, 7) is 8.57. The molecule has 0 nitrogen and oxygen atoms in total. The predicted molar refractivity (Wildman–Crippen MR) is 64.3 cm³/mol. The van der Waals surface area contributed by atoms with E-state index in [-0.39, 0.29) is 3.42 Å². The first-order chi connectivity index (χ1) is 5.02. The molecular weight excluding hydrogens is 267 g/mol. The van der Waals surface area contributed by atoms with E-state index in [1.807, 2.05) is 6.92 Å². The van der Waals surface area contributed by atoms with Gasteiger partial charge in [-0.3, -0.25) is 0 Å². The van der Waals surface area contributed by atoms with Gasteiger partial charge in [0, 0.05) is 8.33 Å². The number of thioether (sulfide) groups is 1. The van der Waals surface area contributed by atoms with Crippen LogP contribution in [0.5, 0.6) is 0 Å². The quantitative estimate of drug-likeness (QED) is 0.547. The van der Waals surface area contributed by atoms with Crippen LogP contribution in [0.3, 0.4) is 0 Å². The van der Waals surface area contributed by atoms with Gasteiger partial charge >= 0.3 is 0 Å². The zero-order valence-electron chi connectivity index (χ0n) is 7.52. The maximum absolute atomic E-state index is 2.46. The molecule has 0 fully saturated rings. The van der Waals surface area contributed by atoms with E-state index in [0.717, 1.165) is 0 Å². The summed E-state index contributed by atoms with van der Waals surface area (Å²) in [4.78, 5) is 1.41. The Hall–Kier alpha value is 0.560. The second kappa shape index (κ2) is 5.25. The van der Waals surface area contributed by atoms with Gasteiger partial charge in [0.05, 0.1) is 0 Å². The highest BCUT2D eigenvalue weighted by atomic mass is 127. The van der Waals surface area contributed by atoms with Crippen molar-refractivity contribution in [2.24, 2.45) is 0 Å². The predicted octanol–water partition coefficient (Wildman–Crippen LogP) is 4.37. The summed E-state index contributed by atoms with van der Waals surface area (Å²) in [5, 5.41) is 2.12. The SMILES string of the molecule is C/C=C\S/C(=C\C)C(C)(C)I. The van der Waals surface area contributed by atoms with Crippen molar-refractivity contribution in [1.29, 1.82) is 0 Å². The van der Waals surface area contributed by atoms with Crippen molar-refractivity contribution in [3.8, 4) is 0 Å². The molecule has 0 bridgehead atoms. The summed E-state index contributed by atoms with van der Waals surface area (Å²) in [6, 6.07) is 0. The molecular formula is C9H15IS. The van der Waals surface area contributed by atoms with Crippen LogP contribution in [0, 0.1) is 0 Å². The van der Waals surface area contributed by atoms with E-state index >= 15 is 0 Å². The van der Waals surface area contributed by atoms with E-state index in [2.05, 4.69) is 60.9 Å². The Morgan fingerprint density at radius 1 is 1.36 bits per heavy atom. The number of hydrogen-bond donors (Lipinski definition) is 0. The Balaban J connectivity index is 4.21. The first-order valence-corrected chi connectivity index (χ1v) is 5.61. The minimum Gasteiger partial charge on any atom is -0.102 e. The van der Waals surface area contributed by atoms with Crippen molar-refractivity contribution >= 4 is 34.4 Å². The highest BCUT2D eigenvalue weighted by Crippen LogP contribution is 2.35. The van der Waals surface area contributed by atoms with Gasteiger partial charge in [0.25, 0.3) is 0 Å². The van der Waals surface area contributed by atoms with Gasteiger partial charge in [-0.25, -0.2) is 0 Å². The Morgan fingerprint density at radius 3 is 2.18 bits per heavy atom. The van der Waals surface area contributed by atoms with Crippen LogP contribution in [-0.4, -0.2) is 3.42 Å². The standard InChI is InChI=1S/C9H15IS/c1-5-7-11-8(6-2)9(3,4)10/h5-7H,1-4H3/b7-5-,8-6-. The third-order valence-corrected chi connectivity index (χ3v) is 3.53. The van der Waals surface area contributed by atoms with Crippen LogP contribution in [0.1, 0.15) is 27.7 Å². The fourth-order valence-corrected chi connectivity index (χ4v) is 2.08. The number of hydrogen-bond acceptors (Lipinski definition) is 1. The second-order valence-corrected chi connectivity index (χ2v) is 6.36. The first kappa shape index (κ1) is 11.6. The van der Waals surface area contributed by atoms with Crippen molar-refractivity contribution in [2.45, 2.75) is 31.1 Å². The normalized spacial score (nSPS) is 14.5. The zero-order chi connectivity index (χ0) is 8.91. The van der Waals surface area contributed by atoms with Crippen molar-refractivity contribution in [1.82, 2.24) is 0 Å². The Bertz CT molecular complexity index is 163. The molecule has 0 aromatic heterocycles. The molecule has 0 N–H and O–H groups in total. The fourth-order valence-electron chi connectivity index (χ4n) is 0.693. The van der Waals surface area contributed by atoms with Gasteiger partial charge in [0.1, 0.15) is 0 Å². The maximum atomic E-state index is 2.46. The molecule has 0 heterocycles. The lowest BCUT2D eigenvalue weighted by atomic mass is 10.2. The first-order valence-electron chi connectivity index (χ1n) is 3.66. The molecule has 0 rings (SSSR count). The average Bonchev–Trinajstić information content (AvgIpc) is 1.87. The molecule has 0 aliphatic carbocycles. The Morgan fingerprint density at radius 2 is 1.91 bits per heavy atom. The molecule has 0 aliphatic rings. The minimum atomic E-state index is 0.261. The molecule has 0 saturated carbocycles. The van der Waals surface area contributed by atoms with Crippen molar-refractivity contribution in [2.75, 3.05) is 0 Å². The molecule has 0 saturated heterocycles. The van der Waals surface area contributed by atoms with E-state index in [0.29, 0.717) is 0 Å². The second-order valence-electron chi connectivity index (χ2n) is 2.71. The van der Waals surface area contributed by atoms with E-state index in [4.69, 9.17) is 0 Å². The molecule has 0 atom stereocenters. The average molecular weight is 282 g/mol. The maximum Gasteiger partial charge on any atom is 0.0473 e. The Kier molecular flexibility index (Phi) is 5.52. The molecule has 0 radical (unpaired) electrons. The molecule has 0 amide bonds. The molecule has 0 spiro atoms. The topological polar surface area (TPSA) is 0 Å². The van der Waals surface area contributed by atoms with Crippen LogP contribution < -0.4 is 0 Å². The van der Waals surface area contributed by atoms with Crippen LogP contribution in [0.15, 0.2) is 22.5 Å². The summed E-state index contributed by atoms with van der Waals surface area (Å²) < 4.78 is 0.261. The molecule has 0 aromatic carbocycles. The van der Waals surface area contributed by atoms with Crippen molar-refractivity contribution in [3.05, 3.63) is 22.5 Å². The highest BCUT2D eigenvalue weighted by Gasteiger charge is 2.17. The van der Waals surface area contributed by atoms with Gasteiger partial charge in [-0.05, 0) is 33.1 Å². The van der Waals surface area contributed by atoms with Crippen LogP contribution in [0.2, 0.25) is 0 Å². The molecule has 11 heavy (non-hydrogen) atoms. The lowest BCUT2D eigenvalue weighted by Crippen LogP contribution is -2.09. The summed E-state index contributed by atoms with van der Waals surface area (Å²) in [7, 11) is 0. The molecule has 64 valence electrons. The van der Waals surface area contributed by atoms with Crippen LogP contribution in [-0.2, 0) is 0 Å². The lowest BCUT2D eigenvalue weighted by Gasteiger charge is -2.18. The third-order valence-electron chi connectivity index (χ3n) is 1.18. The van der Waals surface area contributed by atoms with Gasteiger partial charge in [-0.15, -0.1) is 11.8 Å². The zero-order valence-corrected chi connectivity index (χ0v) is 10.5. The largest absolute Gasteiger partial charge is 0.102 e. The van der Waals surface area contributed by atoms with E-state index in [9.17, 15) is 0 Å².